The van der Waals surface area contributed by atoms with E-state index < -0.39 is 0 Å². The number of rotatable bonds is 4. The summed E-state index contributed by atoms with van der Waals surface area (Å²) < 4.78 is 10.8. The topological polar surface area (TPSA) is 67.9 Å². The van der Waals surface area contributed by atoms with E-state index in [1.54, 1.807) is 40.9 Å². The van der Waals surface area contributed by atoms with Gasteiger partial charge in [0, 0.05) is 28.0 Å². The highest BCUT2D eigenvalue weighted by Crippen LogP contribution is 2.44. The maximum atomic E-state index is 12.6. The Bertz CT molecular complexity index is 1150. The third kappa shape index (κ3) is 3.94. The first kappa shape index (κ1) is 19.8. The maximum absolute atomic E-state index is 12.6. The van der Waals surface area contributed by atoms with Crippen LogP contribution >= 0.6 is 23.4 Å². The third-order valence-electron chi connectivity index (χ3n) is 5.06. The van der Waals surface area contributed by atoms with E-state index in [1.807, 2.05) is 42.5 Å². The van der Waals surface area contributed by atoms with Crippen molar-refractivity contribution >= 4 is 46.6 Å². The molecule has 5 rings (SSSR count). The average Bonchev–Trinajstić information content (AvgIpc) is 3.40. The fraction of sp³-hybridized carbons (Fsp3) is 0.130. The van der Waals surface area contributed by atoms with Gasteiger partial charge < -0.3 is 14.8 Å². The van der Waals surface area contributed by atoms with Crippen LogP contribution in [0.5, 0.6) is 11.5 Å². The molecule has 0 saturated carbocycles. The predicted molar refractivity (Wildman–Crippen MR) is 121 cm³/mol. The number of benzene rings is 3. The summed E-state index contributed by atoms with van der Waals surface area (Å²) in [6, 6.07) is 19.8. The highest BCUT2D eigenvalue weighted by molar-refractivity contribution is 8.00. The predicted octanol–water partition coefficient (Wildman–Crippen LogP) is 5.10. The van der Waals surface area contributed by atoms with Crippen LogP contribution in [-0.2, 0) is 4.79 Å². The van der Waals surface area contributed by atoms with Crippen LogP contribution in [0.2, 0.25) is 5.02 Å². The van der Waals surface area contributed by atoms with Gasteiger partial charge in [0.25, 0.3) is 5.91 Å². The molecule has 3 aromatic carbocycles. The Labute approximate surface area is 188 Å². The molecular formula is C23H17ClN2O4S. The normalized spacial score (nSPS) is 17.1. The van der Waals surface area contributed by atoms with Crippen LogP contribution in [0.4, 0.5) is 11.4 Å². The van der Waals surface area contributed by atoms with E-state index in [-0.39, 0.29) is 24.0 Å². The molecule has 3 aromatic rings. The number of anilines is 2. The number of amides is 2. The van der Waals surface area contributed by atoms with Gasteiger partial charge in [-0.1, -0.05) is 23.7 Å². The van der Waals surface area contributed by atoms with Crippen LogP contribution < -0.4 is 19.7 Å². The summed E-state index contributed by atoms with van der Waals surface area (Å²) in [5, 5.41) is 3.30. The van der Waals surface area contributed by atoms with Gasteiger partial charge in [0.2, 0.25) is 12.7 Å². The molecule has 0 spiro atoms. The molecule has 0 aliphatic carbocycles. The molecule has 1 fully saturated rings. The van der Waals surface area contributed by atoms with Crippen LogP contribution in [-0.4, -0.2) is 24.4 Å². The Morgan fingerprint density at radius 3 is 2.52 bits per heavy atom. The van der Waals surface area contributed by atoms with Crippen LogP contribution in [0.1, 0.15) is 21.3 Å². The van der Waals surface area contributed by atoms with E-state index in [9.17, 15) is 9.59 Å². The summed E-state index contributed by atoms with van der Waals surface area (Å²) in [6.07, 6.45) is 0. The Kier molecular flexibility index (Phi) is 5.21. The number of hydrogen-bond donors (Lipinski definition) is 1. The number of halogens is 1. The van der Waals surface area contributed by atoms with Crippen molar-refractivity contribution in [2.45, 2.75) is 5.37 Å². The number of fused-ring (bicyclic) bond motifs is 1. The molecule has 156 valence electrons. The van der Waals surface area contributed by atoms with Crippen LogP contribution in [0.3, 0.4) is 0 Å². The quantitative estimate of drug-likeness (QED) is 0.596. The van der Waals surface area contributed by atoms with Gasteiger partial charge in [-0.25, -0.2) is 0 Å². The van der Waals surface area contributed by atoms with Gasteiger partial charge >= 0.3 is 0 Å². The Hall–Kier alpha value is -3.16. The second kappa shape index (κ2) is 8.17. The second-order valence-corrected chi connectivity index (χ2v) is 8.55. The molecule has 8 heteroatoms. The minimum atomic E-state index is -0.211. The van der Waals surface area contributed by atoms with Gasteiger partial charge in [0.15, 0.2) is 11.5 Å². The van der Waals surface area contributed by atoms with Crippen LogP contribution in [0.25, 0.3) is 0 Å². The van der Waals surface area contributed by atoms with Gasteiger partial charge in [-0.05, 0) is 54.1 Å². The highest BCUT2D eigenvalue weighted by atomic mass is 35.5. The SMILES string of the molecule is O=C(Nc1ccc(C2SCC(=O)N2c2ccc3c(c2)OCO3)cc1)c1ccc(Cl)cc1. The lowest BCUT2D eigenvalue weighted by Crippen LogP contribution is -2.27. The zero-order valence-corrected chi connectivity index (χ0v) is 17.8. The minimum Gasteiger partial charge on any atom is -0.454 e. The lowest BCUT2D eigenvalue weighted by atomic mass is 10.1. The Morgan fingerprint density at radius 1 is 1.00 bits per heavy atom. The monoisotopic (exact) mass is 452 g/mol. The largest absolute Gasteiger partial charge is 0.454 e. The maximum Gasteiger partial charge on any atom is 0.255 e. The van der Waals surface area contributed by atoms with E-state index in [0.29, 0.717) is 33.5 Å². The van der Waals surface area contributed by atoms with E-state index >= 15 is 0 Å². The fourth-order valence-corrected chi connectivity index (χ4v) is 4.82. The molecule has 0 radical (unpaired) electrons. The average molecular weight is 453 g/mol. The van der Waals surface area contributed by atoms with E-state index in [4.69, 9.17) is 21.1 Å². The molecule has 0 bridgehead atoms. The van der Waals surface area contributed by atoms with Crippen molar-refractivity contribution in [3.63, 3.8) is 0 Å². The standard InChI is InChI=1S/C23H17ClN2O4S/c24-16-5-1-14(2-6-16)22(28)25-17-7-3-15(4-8-17)23-26(21(27)12-31-23)18-9-10-19-20(11-18)30-13-29-19/h1-11,23H,12-13H2,(H,25,28). The molecule has 0 aromatic heterocycles. The molecule has 1 atom stereocenters. The smallest absolute Gasteiger partial charge is 0.255 e. The molecule has 1 N–H and O–H groups in total. The lowest BCUT2D eigenvalue weighted by Gasteiger charge is -2.24. The molecule has 2 aliphatic heterocycles. The molecule has 1 unspecified atom stereocenters. The summed E-state index contributed by atoms with van der Waals surface area (Å²) in [4.78, 5) is 26.8. The second-order valence-electron chi connectivity index (χ2n) is 7.05. The van der Waals surface area contributed by atoms with E-state index in [2.05, 4.69) is 5.32 Å². The first-order valence-corrected chi connectivity index (χ1v) is 11.0. The first-order chi connectivity index (χ1) is 15.1. The molecular weight excluding hydrogens is 436 g/mol. The zero-order chi connectivity index (χ0) is 21.4. The highest BCUT2D eigenvalue weighted by Gasteiger charge is 2.34. The minimum absolute atomic E-state index is 0.0361. The zero-order valence-electron chi connectivity index (χ0n) is 16.2. The van der Waals surface area contributed by atoms with E-state index in [1.165, 1.54) is 0 Å². The summed E-state index contributed by atoms with van der Waals surface area (Å²) in [7, 11) is 0. The van der Waals surface area contributed by atoms with Gasteiger partial charge in [0.1, 0.15) is 5.37 Å². The number of nitrogens with one attached hydrogen (secondary N) is 1. The molecule has 31 heavy (non-hydrogen) atoms. The summed E-state index contributed by atoms with van der Waals surface area (Å²) >= 11 is 7.44. The number of nitrogens with zero attached hydrogens (tertiary/aromatic N) is 1. The number of thioether (sulfide) groups is 1. The molecule has 6 nitrogen and oxygen atoms in total. The number of carbonyl (C=O) groups excluding carboxylic acids is 2. The molecule has 2 amide bonds. The van der Waals surface area contributed by atoms with Crippen molar-refractivity contribution in [2.75, 3.05) is 22.8 Å². The molecule has 1 saturated heterocycles. The van der Waals surface area contributed by atoms with Gasteiger partial charge in [0.05, 0.1) is 5.75 Å². The van der Waals surface area contributed by atoms with Crippen molar-refractivity contribution in [3.05, 3.63) is 82.9 Å². The van der Waals surface area contributed by atoms with Gasteiger partial charge in [-0.2, -0.15) is 0 Å². The summed E-state index contributed by atoms with van der Waals surface area (Å²) in [5.74, 6) is 1.54. The Morgan fingerprint density at radius 2 is 1.74 bits per heavy atom. The third-order valence-corrected chi connectivity index (χ3v) is 6.53. The van der Waals surface area contributed by atoms with Crippen LogP contribution in [0, 0.1) is 0 Å². The summed E-state index contributed by atoms with van der Waals surface area (Å²) in [6.45, 7) is 0.189. The first-order valence-electron chi connectivity index (χ1n) is 9.59. The van der Waals surface area contributed by atoms with Gasteiger partial charge in [-0.15, -0.1) is 11.8 Å². The number of ether oxygens (including phenoxy) is 2. The molecule has 2 aliphatic rings. The van der Waals surface area contributed by atoms with Crippen molar-refractivity contribution < 1.29 is 19.1 Å². The lowest BCUT2D eigenvalue weighted by molar-refractivity contribution is -0.115. The van der Waals surface area contributed by atoms with Crippen molar-refractivity contribution in [2.24, 2.45) is 0 Å². The van der Waals surface area contributed by atoms with Crippen molar-refractivity contribution in [1.82, 2.24) is 0 Å². The van der Waals surface area contributed by atoms with Crippen LogP contribution in [0.15, 0.2) is 66.7 Å². The number of hydrogen-bond acceptors (Lipinski definition) is 5. The van der Waals surface area contributed by atoms with Crippen molar-refractivity contribution in [1.29, 1.82) is 0 Å². The van der Waals surface area contributed by atoms with Gasteiger partial charge in [-0.3, -0.25) is 14.5 Å². The Balaban J connectivity index is 1.34. The number of carbonyl (C=O) groups is 2. The fourth-order valence-electron chi connectivity index (χ4n) is 3.52. The van der Waals surface area contributed by atoms with E-state index in [0.717, 1.165) is 11.3 Å². The van der Waals surface area contributed by atoms with Crippen molar-refractivity contribution in [3.8, 4) is 11.5 Å². The summed E-state index contributed by atoms with van der Waals surface area (Å²) in [5.41, 5.74) is 2.94. The molecule has 2 heterocycles.